The van der Waals surface area contributed by atoms with E-state index in [0.29, 0.717) is 0 Å². The highest BCUT2D eigenvalue weighted by Gasteiger charge is 2.35. The number of hydrogen-bond donors (Lipinski definition) is 2. The van der Waals surface area contributed by atoms with Gasteiger partial charge in [0.15, 0.2) is 5.76 Å². The van der Waals surface area contributed by atoms with Crippen LogP contribution in [0.5, 0.6) is 0 Å². The van der Waals surface area contributed by atoms with Crippen LogP contribution in [0.4, 0.5) is 0 Å². The largest absolute Gasteiger partial charge is 0.466 e. The summed E-state index contributed by atoms with van der Waals surface area (Å²) in [5, 5.41) is 5.76. The first-order chi connectivity index (χ1) is 11.8. The summed E-state index contributed by atoms with van der Waals surface area (Å²) in [5.74, 6) is 1.67. The zero-order valence-electron chi connectivity index (χ0n) is 14.8. The molecule has 2 aromatic rings. The lowest BCUT2D eigenvalue weighted by Gasteiger charge is -2.34. The number of fused-ring (bicyclic) bond motifs is 1. The Morgan fingerprint density at radius 3 is 2.88 bits per heavy atom. The molecule has 2 aromatic heterocycles. The number of amides is 2. The van der Waals surface area contributed by atoms with Crippen molar-refractivity contribution >= 4 is 11.8 Å². The van der Waals surface area contributed by atoms with E-state index in [1.165, 1.54) is 6.26 Å². The van der Waals surface area contributed by atoms with Crippen molar-refractivity contribution in [3.63, 3.8) is 0 Å². The number of carbonyl (C=O) groups is 2. The summed E-state index contributed by atoms with van der Waals surface area (Å²) in [6.07, 6.45) is 3.40. The second kappa shape index (κ2) is 6.78. The minimum Gasteiger partial charge on any atom is -0.466 e. The molecule has 0 saturated heterocycles. The molecule has 6 nitrogen and oxygen atoms in total. The average Bonchev–Trinajstić information content (AvgIpc) is 3.15. The number of furan rings is 2. The van der Waals surface area contributed by atoms with Crippen molar-refractivity contribution in [2.45, 2.75) is 46.1 Å². The van der Waals surface area contributed by atoms with E-state index in [2.05, 4.69) is 24.5 Å². The molecule has 2 N–H and O–H groups in total. The van der Waals surface area contributed by atoms with Crippen molar-refractivity contribution in [2.75, 3.05) is 6.54 Å². The highest BCUT2D eigenvalue weighted by Crippen LogP contribution is 2.41. The van der Waals surface area contributed by atoms with E-state index in [4.69, 9.17) is 8.83 Å². The monoisotopic (exact) mass is 344 g/mol. The lowest BCUT2D eigenvalue weighted by molar-refractivity contribution is -0.122. The highest BCUT2D eigenvalue weighted by atomic mass is 16.3. The fourth-order valence-electron chi connectivity index (χ4n) is 3.36. The lowest BCUT2D eigenvalue weighted by Crippen LogP contribution is -2.37. The van der Waals surface area contributed by atoms with Gasteiger partial charge in [-0.15, -0.1) is 0 Å². The van der Waals surface area contributed by atoms with Gasteiger partial charge in [0.2, 0.25) is 5.91 Å². The number of rotatable bonds is 5. The summed E-state index contributed by atoms with van der Waals surface area (Å²) >= 11 is 0. The Hall–Kier alpha value is -2.50. The summed E-state index contributed by atoms with van der Waals surface area (Å²) < 4.78 is 10.8. The molecule has 25 heavy (non-hydrogen) atoms. The zero-order chi connectivity index (χ0) is 18.0. The molecule has 134 valence electrons. The molecule has 1 atom stereocenters. The van der Waals surface area contributed by atoms with Gasteiger partial charge in [0.05, 0.1) is 12.3 Å². The van der Waals surface area contributed by atoms with Crippen LogP contribution in [0, 0.1) is 12.3 Å². The zero-order valence-corrected chi connectivity index (χ0v) is 14.8. The number of nitrogens with one attached hydrogen (secondary N) is 2. The van der Waals surface area contributed by atoms with Gasteiger partial charge in [-0.25, -0.2) is 0 Å². The second-order valence-electron chi connectivity index (χ2n) is 7.38. The number of aryl methyl sites for hydroxylation is 1. The van der Waals surface area contributed by atoms with E-state index < -0.39 is 0 Å². The third-order valence-electron chi connectivity index (χ3n) is 4.45. The molecule has 2 amide bonds. The second-order valence-corrected chi connectivity index (χ2v) is 7.38. The van der Waals surface area contributed by atoms with Crippen LogP contribution in [0.25, 0.3) is 0 Å². The van der Waals surface area contributed by atoms with Gasteiger partial charge in [0, 0.05) is 24.9 Å². The van der Waals surface area contributed by atoms with Crippen molar-refractivity contribution in [2.24, 2.45) is 5.41 Å². The normalized spacial score (nSPS) is 18.4. The first-order valence-corrected chi connectivity index (χ1v) is 8.54. The first kappa shape index (κ1) is 17.3. The van der Waals surface area contributed by atoms with E-state index in [1.54, 1.807) is 12.1 Å². The molecule has 0 bridgehead atoms. The van der Waals surface area contributed by atoms with Gasteiger partial charge in [-0.1, -0.05) is 13.8 Å². The molecule has 2 heterocycles. The van der Waals surface area contributed by atoms with Gasteiger partial charge in [-0.05, 0) is 37.0 Å². The Morgan fingerprint density at radius 2 is 2.16 bits per heavy atom. The topological polar surface area (TPSA) is 84.5 Å². The Morgan fingerprint density at radius 1 is 1.36 bits per heavy atom. The van der Waals surface area contributed by atoms with Crippen LogP contribution in [0.1, 0.15) is 60.4 Å². The van der Waals surface area contributed by atoms with E-state index in [-0.39, 0.29) is 42.0 Å². The van der Waals surface area contributed by atoms with Crippen LogP contribution in [0.15, 0.2) is 33.3 Å². The fourth-order valence-corrected chi connectivity index (χ4v) is 3.36. The molecule has 0 unspecified atom stereocenters. The van der Waals surface area contributed by atoms with Gasteiger partial charge in [0.1, 0.15) is 11.5 Å². The molecule has 0 saturated carbocycles. The maximum atomic E-state index is 12.3. The van der Waals surface area contributed by atoms with Crippen LogP contribution in [-0.2, 0) is 11.2 Å². The van der Waals surface area contributed by atoms with E-state index in [1.807, 2.05) is 13.0 Å². The van der Waals surface area contributed by atoms with Crippen LogP contribution in [-0.4, -0.2) is 18.4 Å². The van der Waals surface area contributed by atoms with Crippen LogP contribution in [0.3, 0.4) is 0 Å². The van der Waals surface area contributed by atoms with Crippen molar-refractivity contribution in [1.82, 2.24) is 10.6 Å². The van der Waals surface area contributed by atoms with Gasteiger partial charge in [-0.3, -0.25) is 9.59 Å². The molecular weight excluding hydrogens is 320 g/mol. The third kappa shape index (κ3) is 4.13. The molecule has 1 aliphatic carbocycles. The van der Waals surface area contributed by atoms with E-state index in [9.17, 15) is 9.59 Å². The molecule has 0 radical (unpaired) electrons. The van der Waals surface area contributed by atoms with Crippen LogP contribution in [0.2, 0.25) is 0 Å². The predicted octanol–water partition coefficient (Wildman–Crippen LogP) is 3.13. The predicted molar refractivity (Wildman–Crippen MR) is 92.1 cm³/mol. The lowest BCUT2D eigenvalue weighted by atomic mass is 9.74. The third-order valence-corrected chi connectivity index (χ3v) is 4.45. The van der Waals surface area contributed by atoms with Crippen LogP contribution < -0.4 is 10.6 Å². The Balaban J connectivity index is 1.55. The van der Waals surface area contributed by atoms with Gasteiger partial charge >= 0.3 is 0 Å². The molecule has 0 spiro atoms. The molecular formula is C19H24N2O4. The number of hydrogen-bond acceptors (Lipinski definition) is 4. The smallest absolute Gasteiger partial charge is 0.286 e. The Kier molecular flexibility index (Phi) is 4.70. The van der Waals surface area contributed by atoms with Gasteiger partial charge in [0.25, 0.3) is 5.91 Å². The summed E-state index contributed by atoms with van der Waals surface area (Å²) in [5.41, 5.74) is 1.15. The van der Waals surface area contributed by atoms with Crippen molar-refractivity contribution in [1.29, 1.82) is 0 Å². The molecule has 0 aromatic carbocycles. The Bertz CT molecular complexity index is 758. The molecule has 0 fully saturated rings. The van der Waals surface area contributed by atoms with Crippen molar-refractivity contribution in [3.05, 3.63) is 47.3 Å². The van der Waals surface area contributed by atoms with Gasteiger partial charge in [-0.2, -0.15) is 0 Å². The highest BCUT2D eigenvalue weighted by molar-refractivity contribution is 5.91. The quantitative estimate of drug-likeness (QED) is 0.873. The standard InChI is InChI=1S/C19H24N2O4/c1-12-9-13-14(10-19(2,3)11-16(13)25-12)21-17(22)6-7-20-18(23)15-5-4-8-24-15/h4-5,8-9,14H,6-7,10-11H2,1-3H3,(H,20,23)(H,21,22)/t14-/m0/s1. The van der Waals surface area contributed by atoms with Gasteiger partial charge < -0.3 is 19.5 Å². The molecule has 0 aliphatic heterocycles. The maximum Gasteiger partial charge on any atom is 0.286 e. The summed E-state index contributed by atoms with van der Waals surface area (Å²) in [7, 11) is 0. The molecule has 3 rings (SSSR count). The fraction of sp³-hybridized carbons (Fsp3) is 0.474. The number of carbonyl (C=O) groups excluding carboxylic acids is 2. The van der Waals surface area contributed by atoms with E-state index in [0.717, 1.165) is 29.9 Å². The summed E-state index contributed by atoms with van der Waals surface area (Å²) in [4.78, 5) is 24.1. The molecule has 6 heteroatoms. The maximum absolute atomic E-state index is 12.3. The Labute approximate surface area is 147 Å². The van der Waals surface area contributed by atoms with Crippen molar-refractivity contribution in [3.8, 4) is 0 Å². The summed E-state index contributed by atoms with van der Waals surface area (Å²) in [6.45, 7) is 6.54. The van der Waals surface area contributed by atoms with E-state index >= 15 is 0 Å². The first-order valence-electron chi connectivity index (χ1n) is 8.54. The van der Waals surface area contributed by atoms with Crippen LogP contribution >= 0.6 is 0 Å². The van der Waals surface area contributed by atoms with Crippen molar-refractivity contribution < 1.29 is 18.4 Å². The minimum absolute atomic E-state index is 0.0514. The summed E-state index contributed by atoms with van der Waals surface area (Å²) in [6, 6.07) is 5.19. The SMILES string of the molecule is Cc1cc2c(o1)CC(C)(C)C[C@@H]2NC(=O)CCNC(=O)c1ccco1. The molecule has 1 aliphatic rings. The average molecular weight is 344 g/mol. The minimum atomic E-state index is -0.315.